The summed E-state index contributed by atoms with van der Waals surface area (Å²) >= 11 is 0. The first-order valence-corrected chi connectivity index (χ1v) is 6.91. The number of pyridine rings is 1. The van der Waals surface area contributed by atoms with Gasteiger partial charge in [0.1, 0.15) is 0 Å². The van der Waals surface area contributed by atoms with Crippen LogP contribution in [0.25, 0.3) is 10.8 Å². The van der Waals surface area contributed by atoms with Crippen LogP contribution in [-0.2, 0) is 5.60 Å². The molecule has 3 heteroatoms. The molecule has 0 radical (unpaired) electrons. The molecule has 0 fully saturated rings. The Morgan fingerprint density at radius 3 is 2.89 bits per heavy atom. The summed E-state index contributed by atoms with van der Waals surface area (Å²) in [6.07, 6.45) is 5.42. The lowest BCUT2D eigenvalue weighted by atomic mass is 9.89. The lowest BCUT2D eigenvalue weighted by Gasteiger charge is -2.25. The number of hydrogen-bond donors (Lipinski definition) is 2. The van der Waals surface area contributed by atoms with Crippen molar-refractivity contribution in [2.45, 2.75) is 32.3 Å². The molecular formula is C16H22N2O. The lowest BCUT2D eigenvalue weighted by Crippen LogP contribution is -2.28. The van der Waals surface area contributed by atoms with Crippen LogP contribution in [0.3, 0.4) is 0 Å². The summed E-state index contributed by atoms with van der Waals surface area (Å²) in [7, 11) is 0. The van der Waals surface area contributed by atoms with Crippen LogP contribution >= 0.6 is 0 Å². The molecule has 19 heavy (non-hydrogen) atoms. The maximum atomic E-state index is 10.7. The number of nitrogens with zero attached hydrogens (tertiary/aromatic N) is 1. The minimum Gasteiger partial charge on any atom is -0.385 e. The Labute approximate surface area is 114 Å². The van der Waals surface area contributed by atoms with E-state index in [2.05, 4.69) is 17.2 Å². The highest BCUT2D eigenvalue weighted by Gasteiger charge is 2.24. The molecule has 0 aliphatic carbocycles. The third kappa shape index (κ3) is 3.31. The van der Waals surface area contributed by atoms with Gasteiger partial charge in [0.15, 0.2) is 0 Å². The number of hydrogen-bond acceptors (Lipinski definition) is 3. The van der Waals surface area contributed by atoms with Crippen molar-refractivity contribution in [3.8, 4) is 0 Å². The summed E-state index contributed by atoms with van der Waals surface area (Å²) in [5, 5.41) is 16.2. The van der Waals surface area contributed by atoms with Gasteiger partial charge in [-0.3, -0.25) is 4.98 Å². The highest BCUT2D eigenvalue weighted by molar-refractivity contribution is 5.85. The number of aromatic nitrogens is 1. The standard InChI is InChI=1S/C16H22N2O/c1-3-9-17-11-8-16(2,19)15-6-4-5-13-7-10-18-12-14(13)15/h4-7,10,12,17,19H,3,8-9,11H2,1-2H3. The van der Waals surface area contributed by atoms with Gasteiger partial charge in [-0.05, 0) is 49.9 Å². The van der Waals surface area contributed by atoms with Gasteiger partial charge < -0.3 is 10.4 Å². The summed E-state index contributed by atoms with van der Waals surface area (Å²) in [4.78, 5) is 4.17. The van der Waals surface area contributed by atoms with Gasteiger partial charge in [0.05, 0.1) is 5.60 Å². The van der Waals surface area contributed by atoms with Gasteiger partial charge in [-0.15, -0.1) is 0 Å². The zero-order chi connectivity index (χ0) is 13.7. The summed E-state index contributed by atoms with van der Waals surface area (Å²) in [5.74, 6) is 0. The van der Waals surface area contributed by atoms with E-state index in [9.17, 15) is 5.11 Å². The van der Waals surface area contributed by atoms with E-state index in [1.54, 1.807) is 6.20 Å². The SMILES string of the molecule is CCCNCCC(C)(O)c1cccc2ccncc12. The molecule has 1 aromatic heterocycles. The number of nitrogens with one attached hydrogen (secondary N) is 1. The predicted octanol–water partition coefficient (Wildman–Crippen LogP) is 2.83. The van der Waals surface area contributed by atoms with E-state index in [1.807, 2.05) is 37.4 Å². The topological polar surface area (TPSA) is 45.1 Å². The lowest BCUT2D eigenvalue weighted by molar-refractivity contribution is 0.0496. The minimum absolute atomic E-state index is 0.695. The fourth-order valence-corrected chi connectivity index (χ4v) is 2.35. The normalized spacial score (nSPS) is 14.5. The maximum absolute atomic E-state index is 10.7. The van der Waals surface area contributed by atoms with Gasteiger partial charge in [-0.2, -0.15) is 0 Å². The van der Waals surface area contributed by atoms with Crippen molar-refractivity contribution in [1.29, 1.82) is 0 Å². The molecule has 0 amide bonds. The average Bonchev–Trinajstić information content (AvgIpc) is 2.43. The van der Waals surface area contributed by atoms with Crippen LogP contribution in [0, 0.1) is 0 Å². The average molecular weight is 258 g/mol. The molecule has 1 unspecified atom stereocenters. The number of aliphatic hydroxyl groups is 1. The Bertz CT molecular complexity index is 532. The Hall–Kier alpha value is -1.45. The largest absolute Gasteiger partial charge is 0.385 e. The second kappa shape index (κ2) is 6.13. The van der Waals surface area contributed by atoms with E-state index in [0.717, 1.165) is 35.8 Å². The van der Waals surface area contributed by atoms with Crippen molar-refractivity contribution >= 4 is 10.8 Å². The van der Waals surface area contributed by atoms with Crippen molar-refractivity contribution in [2.75, 3.05) is 13.1 Å². The van der Waals surface area contributed by atoms with E-state index in [0.29, 0.717) is 6.42 Å². The Morgan fingerprint density at radius 2 is 2.11 bits per heavy atom. The van der Waals surface area contributed by atoms with Crippen LogP contribution < -0.4 is 5.32 Å². The summed E-state index contributed by atoms with van der Waals surface area (Å²) < 4.78 is 0. The molecule has 1 heterocycles. The van der Waals surface area contributed by atoms with Crippen molar-refractivity contribution in [3.63, 3.8) is 0 Å². The van der Waals surface area contributed by atoms with Gasteiger partial charge in [0, 0.05) is 17.8 Å². The fourth-order valence-electron chi connectivity index (χ4n) is 2.35. The van der Waals surface area contributed by atoms with Crippen molar-refractivity contribution in [2.24, 2.45) is 0 Å². The monoisotopic (exact) mass is 258 g/mol. The molecule has 0 bridgehead atoms. The van der Waals surface area contributed by atoms with Crippen molar-refractivity contribution in [3.05, 3.63) is 42.2 Å². The predicted molar refractivity (Wildman–Crippen MR) is 79.1 cm³/mol. The minimum atomic E-state index is -0.830. The van der Waals surface area contributed by atoms with Crippen LogP contribution in [-0.4, -0.2) is 23.2 Å². The van der Waals surface area contributed by atoms with E-state index >= 15 is 0 Å². The summed E-state index contributed by atoms with van der Waals surface area (Å²) in [6, 6.07) is 8.01. The first kappa shape index (κ1) is 14.0. The molecule has 0 saturated carbocycles. The molecule has 102 valence electrons. The van der Waals surface area contributed by atoms with Crippen LogP contribution in [0.2, 0.25) is 0 Å². The molecule has 2 rings (SSSR count). The first-order valence-electron chi connectivity index (χ1n) is 6.91. The second-order valence-corrected chi connectivity index (χ2v) is 5.18. The Morgan fingerprint density at radius 1 is 1.26 bits per heavy atom. The van der Waals surface area contributed by atoms with Gasteiger partial charge in [-0.25, -0.2) is 0 Å². The van der Waals surface area contributed by atoms with Crippen LogP contribution in [0.5, 0.6) is 0 Å². The molecule has 2 N–H and O–H groups in total. The van der Waals surface area contributed by atoms with E-state index in [-0.39, 0.29) is 0 Å². The first-order chi connectivity index (χ1) is 9.15. The zero-order valence-corrected chi connectivity index (χ0v) is 11.7. The summed E-state index contributed by atoms with van der Waals surface area (Å²) in [5.41, 5.74) is 0.125. The third-order valence-electron chi connectivity index (χ3n) is 3.48. The van der Waals surface area contributed by atoms with Crippen LogP contribution in [0.4, 0.5) is 0 Å². The zero-order valence-electron chi connectivity index (χ0n) is 11.7. The number of fused-ring (bicyclic) bond motifs is 1. The molecule has 1 aromatic carbocycles. The molecule has 1 atom stereocenters. The smallest absolute Gasteiger partial charge is 0.0887 e. The van der Waals surface area contributed by atoms with E-state index in [4.69, 9.17) is 0 Å². The molecule has 0 spiro atoms. The van der Waals surface area contributed by atoms with Crippen molar-refractivity contribution < 1.29 is 5.11 Å². The van der Waals surface area contributed by atoms with Gasteiger partial charge >= 0.3 is 0 Å². The third-order valence-corrected chi connectivity index (χ3v) is 3.48. The van der Waals surface area contributed by atoms with Crippen molar-refractivity contribution in [1.82, 2.24) is 10.3 Å². The fraction of sp³-hybridized carbons (Fsp3) is 0.438. The quantitative estimate of drug-likeness (QED) is 0.783. The molecular weight excluding hydrogens is 236 g/mol. The second-order valence-electron chi connectivity index (χ2n) is 5.18. The molecule has 0 aliphatic heterocycles. The number of rotatable bonds is 6. The highest BCUT2D eigenvalue weighted by Crippen LogP contribution is 2.30. The van der Waals surface area contributed by atoms with Gasteiger partial charge in [0.25, 0.3) is 0 Å². The molecule has 3 nitrogen and oxygen atoms in total. The Balaban J connectivity index is 2.22. The van der Waals surface area contributed by atoms with Gasteiger partial charge in [-0.1, -0.05) is 25.1 Å². The highest BCUT2D eigenvalue weighted by atomic mass is 16.3. The van der Waals surface area contributed by atoms with Crippen LogP contribution in [0.15, 0.2) is 36.7 Å². The maximum Gasteiger partial charge on any atom is 0.0887 e. The number of benzene rings is 1. The molecule has 0 aliphatic rings. The van der Waals surface area contributed by atoms with Gasteiger partial charge in [0.2, 0.25) is 0 Å². The van der Waals surface area contributed by atoms with E-state index in [1.165, 1.54) is 0 Å². The molecule has 2 aromatic rings. The van der Waals surface area contributed by atoms with Crippen LogP contribution in [0.1, 0.15) is 32.3 Å². The van der Waals surface area contributed by atoms with E-state index < -0.39 is 5.60 Å². The summed E-state index contributed by atoms with van der Waals surface area (Å²) in [6.45, 7) is 5.83. The molecule has 0 saturated heterocycles. The Kier molecular flexibility index (Phi) is 4.51.